The molecule has 2 aromatic carbocycles. The van der Waals surface area contributed by atoms with Crippen molar-refractivity contribution in [3.8, 4) is 0 Å². The molecule has 0 aliphatic carbocycles. The zero-order chi connectivity index (χ0) is 21.3. The van der Waals surface area contributed by atoms with Gasteiger partial charge in [-0.25, -0.2) is 4.79 Å². The summed E-state index contributed by atoms with van der Waals surface area (Å²) in [6.07, 6.45) is 3.38. The molecule has 8 heteroatoms. The highest BCUT2D eigenvalue weighted by atomic mass is 35.5. The van der Waals surface area contributed by atoms with Gasteiger partial charge in [0.15, 0.2) is 0 Å². The van der Waals surface area contributed by atoms with Crippen LogP contribution in [0.1, 0.15) is 11.1 Å². The molecule has 0 spiro atoms. The van der Waals surface area contributed by atoms with Gasteiger partial charge in [-0.2, -0.15) is 0 Å². The molecule has 30 heavy (non-hydrogen) atoms. The molecule has 1 N–H and O–H groups in total. The molecule has 0 saturated carbocycles. The van der Waals surface area contributed by atoms with Gasteiger partial charge < -0.3 is 14.6 Å². The number of halogens is 1. The van der Waals surface area contributed by atoms with Gasteiger partial charge in [-0.1, -0.05) is 41.9 Å². The van der Waals surface area contributed by atoms with E-state index >= 15 is 0 Å². The summed E-state index contributed by atoms with van der Waals surface area (Å²) in [5.74, 6) is -0.797. The van der Waals surface area contributed by atoms with Crippen molar-refractivity contribution < 1.29 is 19.1 Å². The first-order chi connectivity index (χ1) is 14.5. The van der Waals surface area contributed by atoms with Gasteiger partial charge in [0.2, 0.25) is 0 Å². The van der Waals surface area contributed by atoms with Crippen molar-refractivity contribution in [3.05, 3.63) is 76.6 Å². The summed E-state index contributed by atoms with van der Waals surface area (Å²) in [6.45, 7) is 0.187. The summed E-state index contributed by atoms with van der Waals surface area (Å²) >= 11 is 5.89. The zero-order valence-corrected chi connectivity index (χ0v) is 16.8. The van der Waals surface area contributed by atoms with Crippen molar-refractivity contribution in [3.63, 3.8) is 0 Å². The molecule has 1 aromatic heterocycles. The predicted molar refractivity (Wildman–Crippen MR) is 112 cm³/mol. The van der Waals surface area contributed by atoms with E-state index in [1.165, 1.54) is 7.11 Å². The number of amides is 3. The van der Waals surface area contributed by atoms with Crippen molar-refractivity contribution >= 4 is 46.5 Å². The van der Waals surface area contributed by atoms with Crippen LogP contribution in [-0.4, -0.2) is 34.5 Å². The van der Waals surface area contributed by atoms with E-state index < -0.39 is 11.9 Å². The smallest absolute Gasteiger partial charge is 0.329 e. The van der Waals surface area contributed by atoms with E-state index in [-0.39, 0.29) is 24.8 Å². The summed E-state index contributed by atoms with van der Waals surface area (Å²) < 4.78 is 6.50. The molecule has 3 amide bonds. The number of esters is 1. The molecule has 3 aromatic rings. The van der Waals surface area contributed by atoms with Gasteiger partial charge in [0.25, 0.3) is 5.91 Å². The van der Waals surface area contributed by atoms with Crippen LogP contribution in [0.15, 0.2) is 60.4 Å². The maximum absolute atomic E-state index is 12.8. The molecule has 1 aliphatic rings. The molecule has 2 heterocycles. The van der Waals surface area contributed by atoms with Crippen LogP contribution in [0, 0.1) is 0 Å². The van der Waals surface area contributed by atoms with Gasteiger partial charge in [0.1, 0.15) is 12.2 Å². The van der Waals surface area contributed by atoms with Crippen LogP contribution >= 0.6 is 11.6 Å². The highest BCUT2D eigenvalue weighted by Crippen LogP contribution is 2.25. The Balaban J connectivity index is 1.64. The summed E-state index contributed by atoms with van der Waals surface area (Å²) in [4.78, 5) is 38.1. The molecular weight excluding hydrogens is 406 g/mol. The Morgan fingerprint density at radius 2 is 1.87 bits per heavy atom. The molecule has 152 valence electrons. The van der Waals surface area contributed by atoms with Crippen molar-refractivity contribution in [1.29, 1.82) is 0 Å². The van der Waals surface area contributed by atoms with Crippen molar-refractivity contribution in [2.45, 2.75) is 13.1 Å². The number of para-hydroxylation sites is 1. The second-order valence-electron chi connectivity index (χ2n) is 6.81. The number of hydrogen-bond acceptors (Lipinski definition) is 4. The minimum absolute atomic E-state index is 0.0448. The molecule has 1 aliphatic heterocycles. The Kier molecular flexibility index (Phi) is 5.29. The van der Waals surface area contributed by atoms with Gasteiger partial charge >= 0.3 is 12.0 Å². The fourth-order valence-electron chi connectivity index (χ4n) is 3.37. The van der Waals surface area contributed by atoms with Gasteiger partial charge in [0.05, 0.1) is 13.7 Å². The lowest BCUT2D eigenvalue weighted by Crippen LogP contribution is -2.30. The quantitative estimate of drug-likeness (QED) is 0.386. The van der Waals surface area contributed by atoms with E-state index in [0.29, 0.717) is 10.6 Å². The maximum atomic E-state index is 12.8. The third-order valence-corrected chi connectivity index (χ3v) is 5.11. The fourth-order valence-corrected chi connectivity index (χ4v) is 3.49. The van der Waals surface area contributed by atoms with E-state index in [2.05, 4.69) is 5.32 Å². The van der Waals surface area contributed by atoms with Crippen LogP contribution in [0.25, 0.3) is 17.0 Å². The second kappa shape index (κ2) is 8.04. The summed E-state index contributed by atoms with van der Waals surface area (Å²) in [6, 6.07) is 14.0. The molecular formula is C22H18ClN3O4. The van der Waals surface area contributed by atoms with Crippen LogP contribution < -0.4 is 5.32 Å². The number of ether oxygens (including phenoxy) is 1. The number of hydrogen-bond donors (Lipinski definition) is 1. The Labute approximate surface area is 177 Å². The number of nitrogens with one attached hydrogen (secondary N) is 1. The van der Waals surface area contributed by atoms with Gasteiger partial charge in [0, 0.05) is 27.7 Å². The van der Waals surface area contributed by atoms with Crippen molar-refractivity contribution in [2.75, 3.05) is 7.11 Å². The first-order valence-electron chi connectivity index (χ1n) is 9.20. The Morgan fingerprint density at radius 1 is 1.13 bits per heavy atom. The topological polar surface area (TPSA) is 80.6 Å². The van der Waals surface area contributed by atoms with Crippen LogP contribution in [-0.2, 0) is 27.4 Å². The van der Waals surface area contributed by atoms with E-state index in [9.17, 15) is 14.4 Å². The number of rotatable bonds is 5. The van der Waals surface area contributed by atoms with E-state index in [1.54, 1.807) is 41.1 Å². The molecule has 0 bridgehead atoms. The van der Waals surface area contributed by atoms with Gasteiger partial charge in [-0.05, 0) is 29.8 Å². The molecule has 0 atom stereocenters. The van der Waals surface area contributed by atoms with Crippen LogP contribution in [0.5, 0.6) is 0 Å². The summed E-state index contributed by atoms with van der Waals surface area (Å²) in [5.41, 5.74) is 2.50. The molecule has 0 radical (unpaired) electrons. The highest BCUT2D eigenvalue weighted by Gasteiger charge is 2.33. The maximum Gasteiger partial charge on any atom is 0.329 e. The Morgan fingerprint density at radius 3 is 2.60 bits per heavy atom. The summed E-state index contributed by atoms with van der Waals surface area (Å²) in [7, 11) is 1.33. The lowest BCUT2D eigenvalue weighted by molar-refractivity contribution is -0.141. The minimum atomic E-state index is -0.487. The molecule has 1 fully saturated rings. The lowest BCUT2D eigenvalue weighted by atomic mass is 10.1. The standard InChI is InChI=1S/C22H18ClN3O4/c1-30-20(27)13-25-12-15(17-4-2-3-5-19(17)25)10-18-21(28)26(22(29)24-18)11-14-6-8-16(23)9-7-14/h2-10,12H,11,13H2,1H3,(H,24,29)/b18-10+. The molecule has 7 nitrogen and oxygen atoms in total. The Hall–Kier alpha value is -3.58. The van der Waals surface area contributed by atoms with E-state index in [1.807, 2.05) is 24.3 Å². The number of methoxy groups -OCH3 is 1. The lowest BCUT2D eigenvalue weighted by Gasteiger charge is -2.11. The third kappa shape index (κ3) is 3.79. The predicted octanol–water partition coefficient (Wildman–Crippen LogP) is 3.56. The number of carbonyl (C=O) groups is 3. The summed E-state index contributed by atoms with van der Waals surface area (Å²) in [5, 5.41) is 4.07. The monoisotopic (exact) mass is 423 g/mol. The van der Waals surface area contributed by atoms with Gasteiger partial charge in [-0.3, -0.25) is 14.5 Å². The second-order valence-corrected chi connectivity index (χ2v) is 7.25. The zero-order valence-electron chi connectivity index (χ0n) is 16.1. The number of carbonyl (C=O) groups excluding carboxylic acids is 3. The minimum Gasteiger partial charge on any atom is -0.468 e. The van der Waals surface area contributed by atoms with Gasteiger partial charge in [-0.15, -0.1) is 0 Å². The van der Waals surface area contributed by atoms with Crippen LogP contribution in [0.3, 0.4) is 0 Å². The normalized spacial score (nSPS) is 15.1. The third-order valence-electron chi connectivity index (χ3n) is 4.86. The average molecular weight is 424 g/mol. The van der Waals surface area contributed by atoms with E-state index in [4.69, 9.17) is 16.3 Å². The van der Waals surface area contributed by atoms with Crippen LogP contribution in [0.2, 0.25) is 5.02 Å². The van der Waals surface area contributed by atoms with Crippen LogP contribution in [0.4, 0.5) is 4.79 Å². The van der Waals surface area contributed by atoms with Crippen molar-refractivity contribution in [2.24, 2.45) is 0 Å². The molecule has 1 saturated heterocycles. The largest absolute Gasteiger partial charge is 0.468 e. The number of benzene rings is 2. The fraction of sp³-hybridized carbons (Fsp3) is 0.136. The number of nitrogens with zero attached hydrogens (tertiary/aromatic N) is 2. The Bertz CT molecular complexity index is 1180. The number of aromatic nitrogens is 1. The first-order valence-corrected chi connectivity index (χ1v) is 9.58. The number of imide groups is 1. The van der Waals surface area contributed by atoms with Crippen molar-refractivity contribution in [1.82, 2.24) is 14.8 Å². The molecule has 0 unspecified atom stereocenters. The van der Waals surface area contributed by atoms with E-state index in [0.717, 1.165) is 21.4 Å². The number of urea groups is 1. The highest BCUT2D eigenvalue weighted by molar-refractivity contribution is 6.30. The first kappa shape index (κ1) is 19.7. The molecule has 4 rings (SSSR count). The SMILES string of the molecule is COC(=O)Cn1cc(/C=C2/NC(=O)N(Cc3ccc(Cl)cc3)C2=O)c2ccccc21. The number of fused-ring (bicyclic) bond motifs is 1. The average Bonchev–Trinajstić information content (AvgIpc) is 3.22.